The van der Waals surface area contributed by atoms with Crippen LogP contribution in [-0.4, -0.2) is 31.4 Å². The monoisotopic (exact) mass is 233 g/mol. The summed E-state index contributed by atoms with van der Waals surface area (Å²) in [4.78, 5) is 0. The first-order valence-electron chi connectivity index (χ1n) is 4.66. The Balaban J connectivity index is 2.76. The largest absolute Gasteiger partial charge is 0.424 e. The van der Waals surface area contributed by atoms with E-state index in [-0.39, 0.29) is 5.89 Å². The van der Waals surface area contributed by atoms with Crippen molar-refractivity contribution < 1.29 is 12.8 Å². The maximum atomic E-state index is 11.2. The van der Waals surface area contributed by atoms with Crippen molar-refractivity contribution in [3.8, 4) is 0 Å². The predicted octanol–water partition coefficient (Wildman–Crippen LogP) is 0.0665. The van der Waals surface area contributed by atoms with Crippen LogP contribution in [0.3, 0.4) is 0 Å². The second kappa shape index (κ2) is 4.71. The molecular weight excluding hydrogens is 218 g/mol. The Hall–Kier alpha value is -0.950. The fourth-order valence-electron chi connectivity index (χ4n) is 0.968. The van der Waals surface area contributed by atoms with Crippen molar-refractivity contribution in [2.75, 3.05) is 12.8 Å². The molecule has 0 bridgehead atoms. The average Bonchev–Trinajstić information content (AvgIpc) is 2.60. The van der Waals surface area contributed by atoms with Crippen LogP contribution in [0.2, 0.25) is 0 Å². The van der Waals surface area contributed by atoms with Gasteiger partial charge in [0.1, 0.15) is 5.25 Å². The molecule has 2 N–H and O–H groups in total. The predicted molar refractivity (Wildman–Crippen MR) is 54.9 cm³/mol. The Labute approximate surface area is 88.8 Å². The molecule has 0 aliphatic carbocycles. The molecule has 0 aromatic carbocycles. The highest BCUT2D eigenvalue weighted by molar-refractivity contribution is 7.90. The van der Waals surface area contributed by atoms with Gasteiger partial charge in [0, 0.05) is 12.7 Å². The first kappa shape index (κ1) is 12.1. The summed E-state index contributed by atoms with van der Waals surface area (Å²) in [6.07, 6.45) is 2.47. The number of hydrogen-bond donors (Lipinski definition) is 1. The number of nitrogens with zero attached hydrogens (tertiary/aromatic N) is 2. The summed E-state index contributed by atoms with van der Waals surface area (Å²) in [6.45, 7) is 2.06. The summed E-state index contributed by atoms with van der Waals surface area (Å²) in [5.74, 6) is 0.579. The van der Waals surface area contributed by atoms with E-state index in [0.717, 1.165) is 12.7 Å². The molecule has 1 unspecified atom stereocenters. The number of aromatic nitrogens is 2. The van der Waals surface area contributed by atoms with E-state index in [1.54, 1.807) is 0 Å². The highest BCUT2D eigenvalue weighted by Gasteiger charge is 2.23. The van der Waals surface area contributed by atoms with Gasteiger partial charge in [-0.1, -0.05) is 0 Å². The molecule has 1 atom stereocenters. The van der Waals surface area contributed by atoms with Crippen LogP contribution in [0.1, 0.15) is 30.4 Å². The molecule has 0 fully saturated rings. The van der Waals surface area contributed by atoms with Gasteiger partial charge in [-0.15, -0.1) is 10.2 Å². The van der Waals surface area contributed by atoms with Crippen molar-refractivity contribution >= 4 is 9.84 Å². The Morgan fingerprint density at radius 3 is 2.67 bits per heavy atom. The first-order valence-corrected chi connectivity index (χ1v) is 6.62. The second-order valence-corrected chi connectivity index (χ2v) is 5.76. The maximum Gasteiger partial charge on any atom is 0.234 e. The van der Waals surface area contributed by atoms with Gasteiger partial charge in [0.2, 0.25) is 11.8 Å². The first-order chi connectivity index (χ1) is 6.95. The zero-order valence-corrected chi connectivity index (χ0v) is 9.62. The van der Waals surface area contributed by atoms with Crippen LogP contribution >= 0.6 is 0 Å². The van der Waals surface area contributed by atoms with Crippen LogP contribution in [0.5, 0.6) is 0 Å². The Morgan fingerprint density at radius 2 is 2.13 bits per heavy atom. The van der Waals surface area contributed by atoms with Gasteiger partial charge >= 0.3 is 0 Å². The third kappa shape index (κ3) is 3.28. The van der Waals surface area contributed by atoms with Crippen molar-refractivity contribution in [1.82, 2.24) is 10.2 Å². The highest BCUT2D eigenvalue weighted by atomic mass is 32.2. The van der Waals surface area contributed by atoms with Crippen molar-refractivity contribution in [3.63, 3.8) is 0 Å². The Kier molecular flexibility index (Phi) is 3.81. The van der Waals surface area contributed by atoms with Gasteiger partial charge in [-0.3, -0.25) is 0 Å². The molecular formula is C8H15N3O3S. The van der Waals surface area contributed by atoms with Crippen LogP contribution in [-0.2, 0) is 16.3 Å². The average molecular weight is 233 g/mol. The molecule has 0 aliphatic heterocycles. The van der Waals surface area contributed by atoms with Crippen LogP contribution in [0.4, 0.5) is 0 Å². The van der Waals surface area contributed by atoms with Crippen molar-refractivity contribution in [2.24, 2.45) is 5.73 Å². The van der Waals surface area contributed by atoms with E-state index in [0.29, 0.717) is 18.9 Å². The van der Waals surface area contributed by atoms with Crippen molar-refractivity contribution in [2.45, 2.75) is 25.0 Å². The molecule has 7 heteroatoms. The zero-order valence-electron chi connectivity index (χ0n) is 8.80. The molecule has 1 aromatic rings. The summed E-state index contributed by atoms with van der Waals surface area (Å²) in [7, 11) is -3.18. The van der Waals surface area contributed by atoms with Gasteiger partial charge in [-0.2, -0.15) is 0 Å². The van der Waals surface area contributed by atoms with Gasteiger partial charge in [-0.25, -0.2) is 8.42 Å². The molecule has 0 amide bonds. The Bertz CT molecular complexity index is 413. The smallest absolute Gasteiger partial charge is 0.234 e. The lowest BCUT2D eigenvalue weighted by Gasteiger charge is -2.02. The fraction of sp³-hybridized carbons (Fsp3) is 0.750. The minimum absolute atomic E-state index is 0.143. The normalized spacial score (nSPS) is 14.1. The topological polar surface area (TPSA) is 99.1 Å². The summed E-state index contributed by atoms with van der Waals surface area (Å²) < 4.78 is 27.6. The maximum absolute atomic E-state index is 11.2. The molecule has 6 nitrogen and oxygen atoms in total. The molecule has 0 saturated carbocycles. The number of hydrogen-bond acceptors (Lipinski definition) is 6. The molecule has 86 valence electrons. The van der Waals surface area contributed by atoms with E-state index in [2.05, 4.69) is 10.2 Å². The minimum atomic E-state index is -3.18. The number of sulfone groups is 1. The van der Waals surface area contributed by atoms with Crippen LogP contribution < -0.4 is 5.73 Å². The lowest BCUT2D eigenvalue weighted by Crippen LogP contribution is -2.07. The molecule has 0 saturated heterocycles. The van der Waals surface area contributed by atoms with E-state index >= 15 is 0 Å². The van der Waals surface area contributed by atoms with E-state index in [9.17, 15) is 8.42 Å². The quantitative estimate of drug-likeness (QED) is 0.772. The SMILES string of the molecule is CC(c1nnc(CCCN)o1)S(C)(=O)=O. The van der Waals surface area contributed by atoms with Gasteiger partial charge in [-0.05, 0) is 19.9 Å². The van der Waals surface area contributed by atoms with E-state index in [1.165, 1.54) is 6.92 Å². The second-order valence-electron chi connectivity index (χ2n) is 3.40. The molecule has 1 heterocycles. The minimum Gasteiger partial charge on any atom is -0.424 e. The number of rotatable bonds is 5. The molecule has 0 spiro atoms. The summed E-state index contributed by atoms with van der Waals surface area (Å²) in [6, 6.07) is 0. The van der Waals surface area contributed by atoms with Gasteiger partial charge < -0.3 is 10.2 Å². The van der Waals surface area contributed by atoms with E-state index in [4.69, 9.17) is 10.2 Å². The molecule has 1 aromatic heterocycles. The fourth-order valence-corrected chi connectivity index (χ4v) is 1.43. The third-order valence-electron chi connectivity index (χ3n) is 2.07. The zero-order chi connectivity index (χ0) is 11.5. The van der Waals surface area contributed by atoms with Gasteiger partial charge in [0.15, 0.2) is 9.84 Å². The Morgan fingerprint density at radius 1 is 1.47 bits per heavy atom. The lowest BCUT2D eigenvalue weighted by molar-refractivity contribution is 0.441. The van der Waals surface area contributed by atoms with Crippen LogP contribution in [0, 0.1) is 0 Å². The highest BCUT2D eigenvalue weighted by Crippen LogP contribution is 2.19. The third-order valence-corrected chi connectivity index (χ3v) is 3.55. The molecule has 0 aliphatic rings. The lowest BCUT2D eigenvalue weighted by atomic mass is 10.3. The number of aryl methyl sites for hydroxylation is 1. The standard InChI is InChI=1S/C8H15N3O3S/c1-6(15(2,12)13)8-11-10-7(14-8)4-3-5-9/h6H,3-5,9H2,1-2H3. The molecule has 15 heavy (non-hydrogen) atoms. The van der Waals surface area contributed by atoms with E-state index < -0.39 is 15.1 Å². The summed E-state index contributed by atoms with van der Waals surface area (Å²) in [5, 5.41) is 6.70. The molecule has 0 radical (unpaired) electrons. The number of nitrogens with two attached hydrogens (primary N) is 1. The van der Waals surface area contributed by atoms with E-state index in [1.807, 2.05) is 0 Å². The van der Waals surface area contributed by atoms with Gasteiger partial charge in [0.05, 0.1) is 0 Å². The van der Waals surface area contributed by atoms with Gasteiger partial charge in [0.25, 0.3) is 0 Å². The van der Waals surface area contributed by atoms with Crippen LogP contribution in [0.15, 0.2) is 4.42 Å². The van der Waals surface area contributed by atoms with Crippen molar-refractivity contribution in [3.05, 3.63) is 11.8 Å². The molecule has 1 rings (SSSR count). The summed E-state index contributed by atoms with van der Waals surface area (Å²) in [5.41, 5.74) is 5.33. The van der Waals surface area contributed by atoms with Crippen LogP contribution in [0.25, 0.3) is 0 Å². The van der Waals surface area contributed by atoms with Crippen molar-refractivity contribution in [1.29, 1.82) is 0 Å². The summed E-state index contributed by atoms with van der Waals surface area (Å²) >= 11 is 0.